The highest BCUT2D eigenvalue weighted by Gasteiger charge is 2.40. The van der Waals surface area contributed by atoms with Crippen molar-refractivity contribution in [3.05, 3.63) is 46.5 Å². The summed E-state index contributed by atoms with van der Waals surface area (Å²) in [6.07, 6.45) is 6.51. The lowest BCUT2D eigenvalue weighted by Crippen LogP contribution is -2.16. The molecule has 0 radical (unpaired) electrons. The van der Waals surface area contributed by atoms with Crippen molar-refractivity contribution >= 4 is 49.4 Å². The molecule has 2 N–H and O–H groups in total. The van der Waals surface area contributed by atoms with Gasteiger partial charge in [0.15, 0.2) is 15.0 Å². The van der Waals surface area contributed by atoms with E-state index in [1.165, 1.54) is 5.38 Å². The smallest absolute Gasteiger partial charge is 0.257 e. The van der Waals surface area contributed by atoms with Crippen LogP contribution in [-0.4, -0.2) is 47.8 Å². The molecule has 10 heteroatoms. The number of carbonyl (C=O) groups excluding carboxylic acids is 3. The highest BCUT2D eigenvalue weighted by atomic mass is 32.2. The molecule has 2 aromatic rings. The number of ketones is 2. The van der Waals surface area contributed by atoms with E-state index in [2.05, 4.69) is 10.3 Å². The van der Waals surface area contributed by atoms with Crippen molar-refractivity contribution in [3.8, 4) is 0 Å². The van der Waals surface area contributed by atoms with Crippen LogP contribution in [0.5, 0.6) is 0 Å². The molecule has 3 fully saturated rings. The summed E-state index contributed by atoms with van der Waals surface area (Å²) in [6, 6.07) is 5.11. The maximum absolute atomic E-state index is 13.4. The molecule has 0 saturated heterocycles. The Morgan fingerprint density at radius 3 is 2.57 bits per heavy atom. The Kier molecular flexibility index (Phi) is 6.45. The Labute approximate surface area is 207 Å². The Balaban J connectivity index is 1.49. The first kappa shape index (κ1) is 24.0. The van der Waals surface area contributed by atoms with Gasteiger partial charge in [-0.05, 0) is 67.2 Å². The standard InChI is InChI=1S/C25H26N2O6S2/c28-12-22(30)21-13-34-25(26-21)27-24(31)20(10-14-1-5-17(29)9-14)16-4-8-23(19(11-16)15-2-3-15)35(32,33)18-6-7-18/h4,8,10-11,13-15,18,28H,1-3,5-7,9,12H2,(H,26,27,31)/t14-/m0/s1. The number of Topliss-reactive ketones (excluding diaryl/α,β-unsaturated/α-hetero) is 2. The molecular weight excluding hydrogens is 488 g/mol. The molecule has 3 aliphatic rings. The number of allylic oxidation sites excluding steroid dienone is 1. The SMILES string of the molecule is O=C1CC[C@H](C=C(C(=O)Nc2nc(C(=O)CO)cs2)c2ccc(S(=O)(=O)C3CC3)c(C3CC3)c2)C1. The van der Waals surface area contributed by atoms with Crippen LogP contribution in [-0.2, 0) is 19.4 Å². The average Bonchev–Trinajstić information content (AvgIpc) is 3.77. The summed E-state index contributed by atoms with van der Waals surface area (Å²) in [4.78, 5) is 41.4. The minimum atomic E-state index is -3.38. The molecule has 1 heterocycles. The zero-order valence-electron chi connectivity index (χ0n) is 19.0. The lowest BCUT2D eigenvalue weighted by atomic mass is 9.96. The van der Waals surface area contributed by atoms with Gasteiger partial charge in [0, 0.05) is 23.8 Å². The van der Waals surface area contributed by atoms with Crippen molar-refractivity contribution in [1.82, 2.24) is 4.98 Å². The fraction of sp³-hybridized carbons (Fsp3) is 0.440. The summed E-state index contributed by atoms with van der Waals surface area (Å²) < 4.78 is 26.0. The van der Waals surface area contributed by atoms with E-state index in [4.69, 9.17) is 5.11 Å². The molecule has 1 atom stereocenters. The number of aliphatic hydroxyl groups excluding tert-OH is 1. The number of nitrogens with one attached hydrogen (secondary N) is 1. The van der Waals surface area contributed by atoms with E-state index in [0.717, 1.165) is 29.7 Å². The molecule has 1 amide bonds. The Bertz CT molecular complexity index is 1340. The second kappa shape index (κ2) is 9.40. The molecule has 3 saturated carbocycles. The summed E-state index contributed by atoms with van der Waals surface area (Å²) in [6.45, 7) is -0.669. The van der Waals surface area contributed by atoms with Crippen LogP contribution in [0.15, 0.2) is 34.6 Å². The number of hydrogen-bond donors (Lipinski definition) is 2. The third-order valence-corrected chi connectivity index (χ3v) is 9.78. The van der Waals surface area contributed by atoms with E-state index in [-0.39, 0.29) is 33.7 Å². The maximum Gasteiger partial charge on any atom is 0.257 e. The van der Waals surface area contributed by atoms with E-state index in [9.17, 15) is 22.8 Å². The number of carbonyl (C=O) groups is 3. The molecule has 3 aliphatic carbocycles. The maximum atomic E-state index is 13.4. The quantitative estimate of drug-likeness (QED) is 0.387. The molecule has 0 bridgehead atoms. The highest BCUT2D eigenvalue weighted by molar-refractivity contribution is 7.92. The van der Waals surface area contributed by atoms with Gasteiger partial charge in [0.05, 0.1) is 10.1 Å². The molecule has 8 nitrogen and oxygen atoms in total. The summed E-state index contributed by atoms with van der Waals surface area (Å²) in [5.74, 6) is -0.737. The van der Waals surface area contributed by atoms with E-state index in [1.807, 2.05) is 6.07 Å². The summed E-state index contributed by atoms with van der Waals surface area (Å²) >= 11 is 1.08. The third kappa shape index (κ3) is 5.14. The number of thiazole rings is 1. The fourth-order valence-corrected chi connectivity index (χ4v) is 7.11. The monoisotopic (exact) mass is 514 g/mol. The minimum absolute atomic E-state index is 0.0744. The number of nitrogens with zero attached hydrogens (tertiary/aromatic N) is 1. The Morgan fingerprint density at radius 1 is 1.17 bits per heavy atom. The van der Waals surface area contributed by atoms with Crippen LogP contribution in [0.25, 0.3) is 5.57 Å². The van der Waals surface area contributed by atoms with Crippen LogP contribution < -0.4 is 5.32 Å². The fourth-order valence-electron chi connectivity index (χ4n) is 4.47. The number of hydrogen-bond acceptors (Lipinski definition) is 8. The predicted octanol–water partition coefficient (Wildman–Crippen LogP) is 3.52. The first-order valence-corrected chi connectivity index (χ1v) is 14.2. The Hall–Kier alpha value is -2.69. The topological polar surface area (TPSA) is 130 Å². The molecule has 1 aromatic heterocycles. The highest BCUT2D eigenvalue weighted by Crippen LogP contribution is 2.46. The van der Waals surface area contributed by atoms with Crippen molar-refractivity contribution in [2.45, 2.75) is 61.0 Å². The molecule has 184 valence electrons. The number of amides is 1. The molecule has 0 aliphatic heterocycles. The second-order valence-electron chi connectivity index (χ2n) is 9.47. The number of benzene rings is 1. The van der Waals surface area contributed by atoms with Crippen LogP contribution in [0.3, 0.4) is 0 Å². The van der Waals surface area contributed by atoms with Crippen LogP contribution in [0.1, 0.15) is 72.5 Å². The van der Waals surface area contributed by atoms with Gasteiger partial charge in [-0.15, -0.1) is 11.3 Å². The first-order valence-electron chi connectivity index (χ1n) is 11.8. The van der Waals surface area contributed by atoms with E-state index in [0.29, 0.717) is 48.1 Å². The van der Waals surface area contributed by atoms with Crippen molar-refractivity contribution in [2.75, 3.05) is 11.9 Å². The normalized spacial score (nSPS) is 20.8. The first-order chi connectivity index (χ1) is 16.8. The third-order valence-electron chi connectivity index (χ3n) is 6.69. The summed E-state index contributed by atoms with van der Waals surface area (Å²) in [5.41, 5.74) is 1.79. The van der Waals surface area contributed by atoms with Gasteiger partial charge in [-0.2, -0.15) is 0 Å². The van der Waals surface area contributed by atoms with Crippen LogP contribution in [0.4, 0.5) is 5.13 Å². The molecule has 0 unspecified atom stereocenters. The molecule has 35 heavy (non-hydrogen) atoms. The van der Waals surface area contributed by atoms with E-state index < -0.39 is 28.1 Å². The van der Waals surface area contributed by atoms with Crippen LogP contribution >= 0.6 is 11.3 Å². The van der Waals surface area contributed by atoms with Gasteiger partial charge in [-0.3, -0.25) is 19.7 Å². The number of aromatic nitrogens is 1. The van der Waals surface area contributed by atoms with Crippen molar-refractivity contribution in [3.63, 3.8) is 0 Å². The zero-order valence-corrected chi connectivity index (χ0v) is 20.7. The minimum Gasteiger partial charge on any atom is -0.388 e. The van der Waals surface area contributed by atoms with E-state index >= 15 is 0 Å². The average molecular weight is 515 g/mol. The molecule has 5 rings (SSSR count). The lowest BCUT2D eigenvalue weighted by Gasteiger charge is -2.15. The zero-order chi connectivity index (χ0) is 24.7. The van der Waals surface area contributed by atoms with Gasteiger partial charge < -0.3 is 5.11 Å². The van der Waals surface area contributed by atoms with E-state index in [1.54, 1.807) is 18.2 Å². The number of rotatable bonds is 9. The van der Waals surface area contributed by atoms with Gasteiger partial charge in [-0.1, -0.05) is 12.1 Å². The molecular formula is C25H26N2O6S2. The molecule has 1 aromatic carbocycles. The van der Waals surface area contributed by atoms with Gasteiger partial charge in [0.25, 0.3) is 5.91 Å². The van der Waals surface area contributed by atoms with Crippen molar-refractivity contribution in [2.24, 2.45) is 5.92 Å². The largest absolute Gasteiger partial charge is 0.388 e. The van der Waals surface area contributed by atoms with Crippen molar-refractivity contribution in [1.29, 1.82) is 0 Å². The predicted molar refractivity (Wildman–Crippen MR) is 131 cm³/mol. The van der Waals surface area contributed by atoms with Gasteiger partial charge in [0.2, 0.25) is 5.78 Å². The Morgan fingerprint density at radius 2 is 1.94 bits per heavy atom. The van der Waals surface area contributed by atoms with Gasteiger partial charge >= 0.3 is 0 Å². The second-order valence-corrected chi connectivity index (χ2v) is 12.5. The summed E-state index contributed by atoms with van der Waals surface area (Å²) in [5, 5.41) is 13.1. The molecule has 0 spiro atoms. The number of anilines is 1. The lowest BCUT2D eigenvalue weighted by molar-refractivity contribution is -0.117. The number of sulfone groups is 1. The van der Waals surface area contributed by atoms with Gasteiger partial charge in [0.1, 0.15) is 18.1 Å². The van der Waals surface area contributed by atoms with Crippen molar-refractivity contribution < 1.29 is 27.9 Å². The number of aliphatic hydroxyl groups is 1. The van der Waals surface area contributed by atoms with Crippen LogP contribution in [0.2, 0.25) is 0 Å². The van der Waals surface area contributed by atoms with Gasteiger partial charge in [-0.25, -0.2) is 13.4 Å². The van der Waals surface area contributed by atoms with Crippen LogP contribution in [0, 0.1) is 5.92 Å². The summed E-state index contributed by atoms with van der Waals surface area (Å²) in [7, 11) is -3.38.